The van der Waals surface area contributed by atoms with E-state index < -0.39 is 5.91 Å². The quantitative estimate of drug-likeness (QED) is 0.598. The summed E-state index contributed by atoms with van der Waals surface area (Å²) in [6, 6.07) is 11.1. The Balaban J connectivity index is 2.28. The molecule has 2 aromatic carbocycles. The summed E-state index contributed by atoms with van der Waals surface area (Å²) in [6.07, 6.45) is 1.32. The van der Waals surface area contributed by atoms with Gasteiger partial charge in [-0.15, -0.1) is 0 Å². The molecule has 2 N–H and O–H groups in total. The number of phenols is 1. The maximum Gasteiger partial charge on any atom is 0.266 e. The number of phenolic OH excluding ortho intramolecular Hbond substituents is 1. The summed E-state index contributed by atoms with van der Waals surface area (Å²) in [5, 5.41) is 21.7. The first-order valence-electron chi connectivity index (χ1n) is 6.27. The number of halogens is 3. The topological polar surface area (TPSA) is 73.1 Å². The first-order valence-corrected chi connectivity index (χ1v) is 7.41. The largest absolute Gasteiger partial charge is 0.505 e. The number of nitrogens with one attached hydrogen (secondary N) is 1. The van der Waals surface area contributed by atoms with E-state index in [0.29, 0.717) is 16.3 Å². The molecule has 2 rings (SSSR count). The van der Waals surface area contributed by atoms with Gasteiger partial charge in [0, 0.05) is 10.7 Å². The zero-order valence-corrected chi connectivity index (χ0v) is 13.7. The predicted molar refractivity (Wildman–Crippen MR) is 91.8 cm³/mol. The van der Waals surface area contributed by atoms with E-state index in [1.54, 1.807) is 30.3 Å². The molecule has 0 spiro atoms. The normalized spacial score (nSPS) is 11.0. The van der Waals surface area contributed by atoms with Crippen LogP contribution in [0.2, 0.25) is 15.1 Å². The fourth-order valence-corrected chi connectivity index (χ4v) is 2.44. The van der Waals surface area contributed by atoms with Crippen LogP contribution in [0, 0.1) is 11.3 Å². The van der Waals surface area contributed by atoms with Gasteiger partial charge in [0.15, 0.2) is 5.75 Å². The molecule has 0 fully saturated rings. The lowest BCUT2D eigenvalue weighted by molar-refractivity contribution is -0.112. The van der Waals surface area contributed by atoms with Crippen LogP contribution in [-0.2, 0) is 4.79 Å². The van der Waals surface area contributed by atoms with E-state index in [-0.39, 0.29) is 21.4 Å². The number of hydrogen-bond donors (Lipinski definition) is 2. The van der Waals surface area contributed by atoms with Crippen LogP contribution in [0.1, 0.15) is 5.56 Å². The average molecular weight is 368 g/mol. The summed E-state index contributed by atoms with van der Waals surface area (Å²) < 4.78 is 0. The Labute approximate surface area is 147 Å². The standard InChI is InChI=1S/C16H9Cl3N2O2/c17-11-2-1-3-12(7-11)21-16(23)10(8-20)4-9-5-13(18)15(22)14(19)6-9/h1-7,22H,(H,21,23)/b10-4+. The summed E-state index contributed by atoms with van der Waals surface area (Å²) in [5.74, 6) is -0.859. The zero-order chi connectivity index (χ0) is 17.0. The van der Waals surface area contributed by atoms with Gasteiger partial charge in [-0.2, -0.15) is 5.26 Å². The van der Waals surface area contributed by atoms with Crippen LogP contribution in [0.15, 0.2) is 42.0 Å². The van der Waals surface area contributed by atoms with Gasteiger partial charge in [0.1, 0.15) is 11.6 Å². The lowest BCUT2D eigenvalue weighted by Gasteiger charge is -2.05. The highest BCUT2D eigenvalue weighted by molar-refractivity contribution is 6.37. The van der Waals surface area contributed by atoms with Crippen LogP contribution < -0.4 is 5.32 Å². The molecule has 2 aromatic rings. The number of nitrogens with zero attached hydrogens (tertiary/aromatic N) is 1. The number of nitriles is 1. The first kappa shape index (κ1) is 17.2. The lowest BCUT2D eigenvalue weighted by atomic mass is 10.1. The summed E-state index contributed by atoms with van der Waals surface area (Å²) in [6.45, 7) is 0. The lowest BCUT2D eigenvalue weighted by Crippen LogP contribution is -2.13. The zero-order valence-electron chi connectivity index (χ0n) is 11.5. The van der Waals surface area contributed by atoms with Crippen molar-refractivity contribution < 1.29 is 9.90 Å². The van der Waals surface area contributed by atoms with E-state index in [1.807, 2.05) is 0 Å². The van der Waals surface area contributed by atoms with Gasteiger partial charge < -0.3 is 10.4 Å². The minimum Gasteiger partial charge on any atom is -0.505 e. The van der Waals surface area contributed by atoms with Gasteiger partial charge in [-0.3, -0.25) is 4.79 Å². The Hall–Kier alpha value is -2.19. The summed E-state index contributed by atoms with van der Waals surface area (Å²) in [7, 11) is 0. The van der Waals surface area contributed by atoms with Gasteiger partial charge in [0.2, 0.25) is 0 Å². The van der Waals surface area contributed by atoms with Crippen LogP contribution in [0.25, 0.3) is 6.08 Å². The number of aromatic hydroxyl groups is 1. The first-order chi connectivity index (χ1) is 10.9. The van der Waals surface area contributed by atoms with Crippen molar-refractivity contribution in [3.05, 3.63) is 62.6 Å². The number of anilines is 1. The molecule has 4 nitrogen and oxygen atoms in total. The monoisotopic (exact) mass is 366 g/mol. The highest BCUT2D eigenvalue weighted by Gasteiger charge is 2.11. The van der Waals surface area contributed by atoms with Crippen molar-refractivity contribution in [3.63, 3.8) is 0 Å². The average Bonchev–Trinajstić information content (AvgIpc) is 2.50. The predicted octanol–water partition coefficient (Wildman–Crippen LogP) is 4.90. The number of carbonyl (C=O) groups excluding carboxylic acids is 1. The molecule has 7 heteroatoms. The van der Waals surface area contributed by atoms with Crippen LogP contribution in [0.3, 0.4) is 0 Å². The Morgan fingerprint density at radius 2 is 1.83 bits per heavy atom. The third kappa shape index (κ3) is 4.40. The van der Waals surface area contributed by atoms with E-state index in [9.17, 15) is 9.90 Å². The maximum atomic E-state index is 12.1. The van der Waals surface area contributed by atoms with Crippen LogP contribution in [0.5, 0.6) is 5.75 Å². The van der Waals surface area contributed by atoms with Gasteiger partial charge in [-0.25, -0.2) is 0 Å². The molecular formula is C16H9Cl3N2O2. The van der Waals surface area contributed by atoms with E-state index in [0.717, 1.165) is 0 Å². The number of carbonyl (C=O) groups is 1. The molecule has 0 aliphatic rings. The molecule has 0 saturated heterocycles. The van der Waals surface area contributed by atoms with Gasteiger partial charge in [0.05, 0.1) is 10.0 Å². The second-order valence-electron chi connectivity index (χ2n) is 4.47. The molecule has 0 aliphatic heterocycles. The van der Waals surface area contributed by atoms with Crippen molar-refractivity contribution in [2.45, 2.75) is 0 Å². The van der Waals surface area contributed by atoms with Crippen LogP contribution in [0.4, 0.5) is 5.69 Å². The molecule has 0 aromatic heterocycles. The number of amides is 1. The Morgan fingerprint density at radius 1 is 1.17 bits per heavy atom. The van der Waals surface area contributed by atoms with Gasteiger partial charge in [-0.1, -0.05) is 40.9 Å². The van der Waals surface area contributed by atoms with Crippen molar-refractivity contribution in [2.75, 3.05) is 5.32 Å². The van der Waals surface area contributed by atoms with Gasteiger partial charge in [-0.05, 0) is 42.0 Å². The summed E-state index contributed by atoms with van der Waals surface area (Å²) >= 11 is 17.5. The molecule has 0 saturated carbocycles. The number of hydrogen-bond acceptors (Lipinski definition) is 3. The SMILES string of the molecule is N#C/C(=C\c1cc(Cl)c(O)c(Cl)c1)C(=O)Nc1cccc(Cl)c1. The number of rotatable bonds is 3. The van der Waals surface area contributed by atoms with E-state index in [4.69, 9.17) is 40.1 Å². The molecule has 23 heavy (non-hydrogen) atoms. The van der Waals surface area contributed by atoms with Crippen molar-refractivity contribution in [3.8, 4) is 11.8 Å². The third-order valence-electron chi connectivity index (χ3n) is 2.80. The molecule has 1 amide bonds. The van der Waals surface area contributed by atoms with E-state index >= 15 is 0 Å². The van der Waals surface area contributed by atoms with Crippen molar-refractivity contribution in [1.82, 2.24) is 0 Å². The van der Waals surface area contributed by atoms with Crippen LogP contribution >= 0.6 is 34.8 Å². The molecule has 116 valence electrons. The van der Waals surface area contributed by atoms with Gasteiger partial charge >= 0.3 is 0 Å². The van der Waals surface area contributed by atoms with Crippen molar-refractivity contribution in [2.24, 2.45) is 0 Å². The van der Waals surface area contributed by atoms with Crippen molar-refractivity contribution >= 4 is 52.5 Å². The molecule has 0 bridgehead atoms. The smallest absolute Gasteiger partial charge is 0.266 e. The minimum atomic E-state index is -0.602. The Kier molecular flexibility index (Phi) is 5.51. The summed E-state index contributed by atoms with van der Waals surface area (Å²) in [5.41, 5.74) is 0.726. The maximum absolute atomic E-state index is 12.1. The van der Waals surface area contributed by atoms with Crippen LogP contribution in [-0.4, -0.2) is 11.0 Å². The molecule has 0 atom stereocenters. The molecule has 0 heterocycles. The highest BCUT2D eigenvalue weighted by atomic mass is 35.5. The van der Waals surface area contributed by atoms with E-state index in [1.165, 1.54) is 18.2 Å². The van der Waals surface area contributed by atoms with Gasteiger partial charge in [0.25, 0.3) is 5.91 Å². The molecule has 0 radical (unpaired) electrons. The highest BCUT2D eigenvalue weighted by Crippen LogP contribution is 2.33. The Bertz CT molecular complexity index is 818. The fourth-order valence-electron chi connectivity index (χ4n) is 1.75. The number of benzene rings is 2. The third-order valence-corrected chi connectivity index (χ3v) is 3.61. The minimum absolute atomic E-state index is 0.0243. The fraction of sp³-hybridized carbons (Fsp3) is 0. The van der Waals surface area contributed by atoms with E-state index in [2.05, 4.69) is 5.32 Å². The Morgan fingerprint density at radius 3 is 2.39 bits per heavy atom. The second kappa shape index (κ2) is 7.38. The molecule has 0 unspecified atom stereocenters. The second-order valence-corrected chi connectivity index (χ2v) is 5.72. The molecular weight excluding hydrogens is 359 g/mol. The molecule has 0 aliphatic carbocycles. The van der Waals surface area contributed by atoms with Crippen molar-refractivity contribution in [1.29, 1.82) is 5.26 Å². The summed E-state index contributed by atoms with van der Waals surface area (Å²) in [4.78, 5) is 12.1.